The zero-order chi connectivity index (χ0) is 39.6. The standard InChI is InChI=1S/C30H29N2SSi.C17H32O2.Ir/c1-30(2,3)16-19-11-12-24-25(13-19)33-29-27(24)22(17-31)18-32-28(29)21-14-20-9-7-8-10-23(20)26(15-21)34(4,5)6;1-10(2)16(11(3)4)14(18)9-15(19)17(12(5)6)13(7)8;/h7-13,15,18H,16H2,1-6H3;9-13,16-18H,1-8H3;/q-1;;/b;14-9-;. The van der Waals surface area contributed by atoms with Crippen LogP contribution in [0.5, 0.6) is 0 Å². The van der Waals surface area contributed by atoms with Gasteiger partial charge in [-0.15, -0.1) is 40.1 Å². The van der Waals surface area contributed by atoms with Crippen molar-refractivity contribution in [2.24, 2.45) is 40.9 Å². The zero-order valence-electron chi connectivity index (χ0n) is 34.9. The van der Waals surface area contributed by atoms with Gasteiger partial charge in [0, 0.05) is 70.1 Å². The van der Waals surface area contributed by atoms with Gasteiger partial charge < -0.3 is 5.11 Å². The van der Waals surface area contributed by atoms with E-state index in [-0.39, 0.29) is 48.9 Å². The minimum absolute atomic E-state index is 0. The first-order chi connectivity index (χ1) is 24.6. The van der Waals surface area contributed by atoms with Crippen LogP contribution in [0.1, 0.15) is 87.3 Å². The molecule has 0 unspecified atom stereocenters. The first-order valence-corrected chi connectivity index (χ1v) is 23.6. The summed E-state index contributed by atoms with van der Waals surface area (Å²) in [4.78, 5) is 17.2. The summed E-state index contributed by atoms with van der Waals surface area (Å²) >= 11 is 1.75. The molecule has 3 aromatic carbocycles. The fourth-order valence-corrected chi connectivity index (χ4v) is 10.9. The summed E-state index contributed by atoms with van der Waals surface area (Å²) in [7, 11) is -1.61. The van der Waals surface area contributed by atoms with Gasteiger partial charge in [0.25, 0.3) is 0 Å². The molecule has 5 rings (SSSR count). The molecule has 7 heteroatoms. The van der Waals surface area contributed by atoms with Gasteiger partial charge >= 0.3 is 0 Å². The minimum atomic E-state index is -1.61. The number of nitriles is 1. The van der Waals surface area contributed by atoms with Crippen LogP contribution in [0.2, 0.25) is 19.6 Å². The molecular weight excluding hydrogens is 877 g/mol. The van der Waals surface area contributed by atoms with Crippen molar-refractivity contribution in [1.29, 1.82) is 5.26 Å². The van der Waals surface area contributed by atoms with Crippen LogP contribution in [-0.4, -0.2) is 23.9 Å². The Labute approximate surface area is 343 Å². The number of carbonyl (C=O) groups excluding carboxylic acids is 1. The maximum Gasteiger partial charge on any atom is 0.162 e. The first kappa shape index (κ1) is 45.2. The van der Waals surface area contributed by atoms with Crippen LogP contribution in [0.4, 0.5) is 0 Å². The van der Waals surface area contributed by atoms with Gasteiger partial charge in [-0.3, -0.25) is 9.78 Å². The Morgan fingerprint density at radius 2 is 1.50 bits per heavy atom. The SMILES string of the molecule is CC(C)(C)Cc1ccc2c(c1)sc1c(-c3[c-]c4ccccc4c([Si](C)(C)C)c3)ncc(C#N)c12.CC(C)C(C(=O)/C=C(\O)C(C(C)C)C(C)C)C(C)C.[Ir]. The van der Waals surface area contributed by atoms with Gasteiger partial charge in [0.2, 0.25) is 0 Å². The molecular formula is C47H61IrN2O2SSi-. The normalized spacial score (nSPS) is 12.7. The fraction of sp³-hybridized carbons (Fsp3) is 0.468. The Morgan fingerprint density at radius 1 is 0.907 bits per heavy atom. The van der Waals surface area contributed by atoms with Crippen molar-refractivity contribution in [2.75, 3.05) is 0 Å². The molecule has 0 aliphatic rings. The zero-order valence-corrected chi connectivity index (χ0v) is 39.1. The third-order valence-electron chi connectivity index (χ3n) is 10.1. The number of fused-ring (bicyclic) bond motifs is 4. The number of aliphatic hydroxyl groups is 1. The van der Waals surface area contributed by atoms with E-state index in [0.29, 0.717) is 29.2 Å². The maximum atomic E-state index is 12.3. The van der Waals surface area contributed by atoms with Gasteiger partial charge in [0.15, 0.2) is 5.78 Å². The molecule has 0 aliphatic carbocycles. The summed E-state index contributed by atoms with van der Waals surface area (Å²) in [6.45, 7) is 30.6. The van der Waals surface area contributed by atoms with E-state index < -0.39 is 8.07 Å². The average molecular weight is 938 g/mol. The van der Waals surface area contributed by atoms with E-state index in [1.165, 1.54) is 26.9 Å². The van der Waals surface area contributed by atoms with Crippen molar-refractivity contribution >= 4 is 61.3 Å². The van der Waals surface area contributed by atoms with Gasteiger partial charge in [0.05, 0.1) is 19.4 Å². The second-order valence-corrected chi connectivity index (χ2v) is 24.5. The maximum absolute atomic E-state index is 12.3. The molecule has 5 aromatic rings. The predicted octanol–water partition coefficient (Wildman–Crippen LogP) is 12.9. The summed E-state index contributed by atoms with van der Waals surface area (Å²) < 4.78 is 2.30. The predicted molar refractivity (Wildman–Crippen MR) is 232 cm³/mol. The number of benzene rings is 3. The molecule has 0 fully saturated rings. The van der Waals surface area contributed by atoms with Crippen molar-refractivity contribution in [3.63, 3.8) is 0 Å². The molecule has 0 atom stereocenters. The van der Waals surface area contributed by atoms with Crippen molar-refractivity contribution < 1.29 is 30.0 Å². The first-order valence-electron chi connectivity index (χ1n) is 19.3. The Morgan fingerprint density at radius 3 is 2.04 bits per heavy atom. The Balaban J connectivity index is 0.000000338. The van der Waals surface area contributed by atoms with Crippen molar-refractivity contribution in [1.82, 2.24) is 4.98 Å². The van der Waals surface area contributed by atoms with Crippen LogP contribution in [-0.2, 0) is 31.3 Å². The fourth-order valence-electron chi connectivity index (χ4n) is 8.02. The molecule has 0 spiro atoms. The minimum Gasteiger partial charge on any atom is -0.512 e. The van der Waals surface area contributed by atoms with Gasteiger partial charge in [-0.25, -0.2) is 0 Å². The van der Waals surface area contributed by atoms with Crippen LogP contribution < -0.4 is 5.19 Å². The van der Waals surface area contributed by atoms with E-state index in [2.05, 4.69) is 156 Å². The molecule has 0 aliphatic heterocycles. The van der Waals surface area contributed by atoms with E-state index in [4.69, 9.17) is 4.98 Å². The summed E-state index contributed by atoms with van der Waals surface area (Å²) in [5, 5.41) is 26.2. The number of ketones is 1. The van der Waals surface area contributed by atoms with Crippen LogP contribution in [0.3, 0.4) is 0 Å². The molecule has 54 heavy (non-hydrogen) atoms. The van der Waals surface area contributed by atoms with Gasteiger partial charge in [-0.05, 0) is 47.1 Å². The van der Waals surface area contributed by atoms with Gasteiger partial charge in [0.1, 0.15) is 6.07 Å². The van der Waals surface area contributed by atoms with E-state index in [1.807, 2.05) is 0 Å². The smallest absolute Gasteiger partial charge is 0.162 e. The topological polar surface area (TPSA) is 74.0 Å². The summed E-state index contributed by atoms with van der Waals surface area (Å²) in [6.07, 6.45) is 4.24. The second-order valence-electron chi connectivity index (χ2n) is 18.4. The van der Waals surface area contributed by atoms with E-state index in [1.54, 1.807) is 17.5 Å². The number of thiophene rings is 1. The Kier molecular flexibility index (Phi) is 15.3. The molecule has 0 saturated carbocycles. The summed E-state index contributed by atoms with van der Waals surface area (Å²) in [5.74, 6) is 1.63. The van der Waals surface area contributed by atoms with Crippen LogP contribution in [0.25, 0.3) is 42.2 Å². The quantitative estimate of drug-likeness (QED) is 0.0655. The van der Waals surface area contributed by atoms with Gasteiger partial charge in [-0.1, -0.05) is 137 Å². The largest absolute Gasteiger partial charge is 0.512 e. The monoisotopic (exact) mass is 938 g/mol. The molecule has 1 radical (unpaired) electrons. The third kappa shape index (κ3) is 10.6. The second kappa shape index (κ2) is 18.2. The van der Waals surface area contributed by atoms with Crippen LogP contribution in [0, 0.1) is 58.3 Å². The number of carbonyl (C=O) groups is 1. The molecule has 0 amide bonds. The number of nitrogens with zero attached hydrogens (tertiary/aromatic N) is 2. The number of hydrogen-bond donors (Lipinski definition) is 1. The van der Waals surface area contributed by atoms with E-state index in [0.717, 1.165) is 38.5 Å². The van der Waals surface area contributed by atoms with E-state index in [9.17, 15) is 15.2 Å². The Bertz CT molecular complexity index is 2140. The molecule has 2 heterocycles. The summed E-state index contributed by atoms with van der Waals surface area (Å²) in [5.41, 5.74) is 4.14. The molecule has 4 nitrogen and oxygen atoms in total. The van der Waals surface area contributed by atoms with Crippen molar-refractivity contribution in [3.05, 3.63) is 83.8 Å². The number of rotatable bonds is 10. The Hall–Kier alpha value is -3.14. The van der Waals surface area contributed by atoms with Gasteiger partial charge in [-0.2, -0.15) is 5.26 Å². The number of aliphatic hydroxyl groups excluding tert-OH is 1. The molecule has 291 valence electrons. The number of allylic oxidation sites excluding steroid dienone is 2. The molecule has 0 saturated heterocycles. The number of pyridine rings is 1. The van der Waals surface area contributed by atoms with E-state index >= 15 is 0 Å². The third-order valence-corrected chi connectivity index (χ3v) is 13.3. The molecule has 2 aromatic heterocycles. The molecule has 0 bridgehead atoms. The van der Waals surface area contributed by atoms with Crippen molar-refractivity contribution in [3.8, 4) is 17.3 Å². The number of aromatic nitrogens is 1. The summed E-state index contributed by atoms with van der Waals surface area (Å²) in [6, 6.07) is 23.6. The molecule has 1 N–H and O–H groups in total. The van der Waals surface area contributed by atoms with Crippen molar-refractivity contribution in [2.45, 2.75) is 102 Å². The average Bonchev–Trinajstić information content (AvgIpc) is 3.41. The van der Waals surface area contributed by atoms with Crippen LogP contribution >= 0.6 is 11.3 Å². The van der Waals surface area contributed by atoms with Crippen LogP contribution in [0.15, 0.2) is 66.6 Å². The number of hydrogen-bond acceptors (Lipinski definition) is 5.